The van der Waals surface area contributed by atoms with Crippen LogP contribution in [0.5, 0.6) is 0 Å². The number of aromatic nitrogens is 2. The monoisotopic (exact) mass is 436 g/mol. The minimum atomic E-state index is -0.407. The van der Waals surface area contributed by atoms with Crippen LogP contribution in [0.25, 0.3) is 0 Å². The Labute approximate surface area is 173 Å². The van der Waals surface area contributed by atoms with Gasteiger partial charge in [0, 0.05) is 22.8 Å². The summed E-state index contributed by atoms with van der Waals surface area (Å²) in [6, 6.07) is 13.0. The zero-order valence-corrected chi connectivity index (χ0v) is 16.7. The minimum Gasteiger partial charge on any atom is -0.351 e. The van der Waals surface area contributed by atoms with Gasteiger partial charge in [0.05, 0.1) is 5.75 Å². The van der Waals surface area contributed by atoms with Crippen molar-refractivity contribution in [2.75, 3.05) is 11.1 Å². The summed E-state index contributed by atoms with van der Waals surface area (Å²) >= 11 is 8.12. The second kappa shape index (κ2) is 9.63. The maximum atomic E-state index is 13.5. The number of amides is 2. The number of anilines is 1. The third kappa shape index (κ3) is 5.75. The lowest BCUT2D eigenvalue weighted by atomic mass is 10.2. The molecule has 0 saturated carbocycles. The SMILES string of the molecule is O=C(CSc1nnc(C(=O)Nc2cccc(Cl)c2)s1)NCc1ccccc1F. The van der Waals surface area contributed by atoms with Gasteiger partial charge in [0.15, 0.2) is 4.34 Å². The zero-order valence-electron chi connectivity index (χ0n) is 14.3. The summed E-state index contributed by atoms with van der Waals surface area (Å²) < 4.78 is 14.0. The van der Waals surface area contributed by atoms with Crippen LogP contribution in [0.2, 0.25) is 5.02 Å². The molecule has 6 nitrogen and oxygen atoms in total. The summed E-state index contributed by atoms with van der Waals surface area (Å²) in [6.45, 7) is 0.107. The molecule has 0 aliphatic rings. The van der Waals surface area contributed by atoms with E-state index < -0.39 is 5.91 Å². The third-order valence-corrected chi connectivity index (χ3v) is 5.73. The van der Waals surface area contributed by atoms with Crippen molar-refractivity contribution in [2.45, 2.75) is 10.9 Å². The average molecular weight is 437 g/mol. The summed E-state index contributed by atoms with van der Waals surface area (Å²) in [5.41, 5.74) is 0.964. The molecule has 2 amide bonds. The maximum Gasteiger partial charge on any atom is 0.286 e. The largest absolute Gasteiger partial charge is 0.351 e. The van der Waals surface area contributed by atoms with Crippen molar-refractivity contribution in [3.8, 4) is 0 Å². The number of carbonyl (C=O) groups excluding carboxylic acids is 2. The van der Waals surface area contributed by atoms with E-state index in [9.17, 15) is 14.0 Å². The van der Waals surface area contributed by atoms with Crippen LogP contribution in [-0.4, -0.2) is 27.8 Å². The second-order valence-electron chi connectivity index (χ2n) is 5.49. The molecule has 3 aromatic rings. The van der Waals surface area contributed by atoms with E-state index in [0.717, 1.165) is 23.1 Å². The molecule has 1 heterocycles. The van der Waals surface area contributed by atoms with Crippen LogP contribution in [0.15, 0.2) is 52.9 Å². The van der Waals surface area contributed by atoms with E-state index in [0.29, 0.717) is 20.6 Å². The topological polar surface area (TPSA) is 84.0 Å². The standard InChI is InChI=1S/C18H14ClFN4O2S2/c19-12-5-3-6-13(8-12)22-16(26)17-23-24-18(28-17)27-10-15(25)21-9-11-4-1-2-7-14(11)20/h1-8H,9-10H2,(H,21,25)(H,22,26). The van der Waals surface area contributed by atoms with Crippen LogP contribution in [0.3, 0.4) is 0 Å². The molecular formula is C18H14ClFN4O2S2. The van der Waals surface area contributed by atoms with Crippen molar-refractivity contribution in [3.05, 3.63) is 69.9 Å². The highest BCUT2D eigenvalue weighted by Crippen LogP contribution is 2.23. The molecule has 144 valence electrons. The number of halogens is 2. The van der Waals surface area contributed by atoms with Crippen molar-refractivity contribution in [2.24, 2.45) is 0 Å². The first-order valence-corrected chi connectivity index (χ1v) is 10.2. The van der Waals surface area contributed by atoms with Gasteiger partial charge in [-0.25, -0.2) is 4.39 Å². The van der Waals surface area contributed by atoms with Gasteiger partial charge >= 0.3 is 0 Å². The van der Waals surface area contributed by atoms with Gasteiger partial charge in [-0.3, -0.25) is 9.59 Å². The summed E-state index contributed by atoms with van der Waals surface area (Å²) in [7, 11) is 0. The number of benzene rings is 2. The number of hydrogen-bond acceptors (Lipinski definition) is 6. The lowest BCUT2D eigenvalue weighted by Crippen LogP contribution is -2.24. The third-order valence-electron chi connectivity index (χ3n) is 3.44. The van der Waals surface area contributed by atoms with Crippen LogP contribution in [-0.2, 0) is 11.3 Å². The normalized spacial score (nSPS) is 10.5. The number of thioether (sulfide) groups is 1. The Bertz CT molecular complexity index is 999. The molecule has 0 atom stereocenters. The molecule has 0 radical (unpaired) electrons. The van der Waals surface area contributed by atoms with Gasteiger partial charge in [-0.2, -0.15) is 0 Å². The molecule has 0 spiro atoms. The Morgan fingerprint density at radius 2 is 1.96 bits per heavy atom. The first-order chi connectivity index (χ1) is 13.5. The van der Waals surface area contributed by atoms with Gasteiger partial charge in [0.2, 0.25) is 10.9 Å². The highest BCUT2D eigenvalue weighted by molar-refractivity contribution is 8.01. The van der Waals surface area contributed by atoms with E-state index in [1.54, 1.807) is 42.5 Å². The molecule has 0 unspecified atom stereocenters. The van der Waals surface area contributed by atoms with Crippen LogP contribution >= 0.6 is 34.7 Å². The Hall–Kier alpha value is -2.49. The molecule has 0 fully saturated rings. The summed E-state index contributed by atoms with van der Waals surface area (Å²) in [4.78, 5) is 24.1. The van der Waals surface area contributed by atoms with Crippen LogP contribution in [0, 0.1) is 5.82 Å². The summed E-state index contributed by atoms with van der Waals surface area (Å²) in [5.74, 6) is -0.960. The van der Waals surface area contributed by atoms with Crippen LogP contribution in [0.1, 0.15) is 15.4 Å². The Kier molecular flexibility index (Phi) is 6.96. The van der Waals surface area contributed by atoms with Gasteiger partial charge in [-0.05, 0) is 24.3 Å². The molecule has 1 aromatic heterocycles. The van der Waals surface area contributed by atoms with Gasteiger partial charge in [0.1, 0.15) is 5.82 Å². The fourth-order valence-corrected chi connectivity index (χ4v) is 3.89. The van der Waals surface area contributed by atoms with Gasteiger partial charge in [0.25, 0.3) is 5.91 Å². The molecule has 0 aliphatic carbocycles. The predicted molar refractivity (Wildman–Crippen MR) is 108 cm³/mol. The molecule has 0 aliphatic heterocycles. The van der Waals surface area contributed by atoms with Gasteiger partial charge < -0.3 is 10.6 Å². The van der Waals surface area contributed by atoms with E-state index in [1.807, 2.05) is 0 Å². The lowest BCUT2D eigenvalue weighted by molar-refractivity contribution is -0.118. The molecule has 2 N–H and O–H groups in total. The first kappa shape index (κ1) is 20.2. The Morgan fingerprint density at radius 1 is 1.14 bits per heavy atom. The molecule has 10 heteroatoms. The van der Waals surface area contributed by atoms with Crippen molar-refractivity contribution >= 4 is 52.2 Å². The van der Waals surface area contributed by atoms with E-state index >= 15 is 0 Å². The number of nitrogens with one attached hydrogen (secondary N) is 2. The lowest BCUT2D eigenvalue weighted by Gasteiger charge is -2.05. The number of hydrogen-bond donors (Lipinski definition) is 2. The Balaban J connectivity index is 1.48. The highest BCUT2D eigenvalue weighted by Gasteiger charge is 2.15. The van der Waals surface area contributed by atoms with Crippen molar-refractivity contribution in [3.63, 3.8) is 0 Å². The smallest absolute Gasteiger partial charge is 0.286 e. The molecule has 3 rings (SSSR count). The molecule has 0 bridgehead atoms. The van der Waals surface area contributed by atoms with Crippen LogP contribution in [0.4, 0.5) is 10.1 Å². The van der Waals surface area contributed by atoms with E-state index in [1.165, 1.54) is 6.07 Å². The predicted octanol–water partition coefficient (Wildman–Crippen LogP) is 3.99. The van der Waals surface area contributed by atoms with Crippen molar-refractivity contribution < 1.29 is 14.0 Å². The number of carbonyl (C=O) groups is 2. The van der Waals surface area contributed by atoms with E-state index in [2.05, 4.69) is 20.8 Å². The highest BCUT2D eigenvalue weighted by atomic mass is 35.5. The number of rotatable bonds is 7. The minimum absolute atomic E-state index is 0.0823. The molecule has 2 aromatic carbocycles. The molecule has 0 saturated heterocycles. The van der Waals surface area contributed by atoms with Crippen molar-refractivity contribution in [1.82, 2.24) is 15.5 Å². The van der Waals surface area contributed by atoms with Crippen LogP contribution < -0.4 is 10.6 Å². The first-order valence-electron chi connectivity index (χ1n) is 8.04. The summed E-state index contributed by atoms with van der Waals surface area (Å²) in [6.07, 6.45) is 0. The van der Waals surface area contributed by atoms with Gasteiger partial charge in [-0.1, -0.05) is 59.0 Å². The average Bonchev–Trinajstić information content (AvgIpc) is 3.15. The quantitative estimate of drug-likeness (QED) is 0.547. The van der Waals surface area contributed by atoms with E-state index in [-0.39, 0.29) is 29.0 Å². The Morgan fingerprint density at radius 3 is 2.75 bits per heavy atom. The van der Waals surface area contributed by atoms with E-state index in [4.69, 9.17) is 11.6 Å². The molecular weight excluding hydrogens is 423 g/mol. The number of nitrogens with zero attached hydrogens (tertiary/aromatic N) is 2. The van der Waals surface area contributed by atoms with Gasteiger partial charge in [-0.15, -0.1) is 10.2 Å². The molecule has 28 heavy (non-hydrogen) atoms. The second-order valence-corrected chi connectivity index (χ2v) is 8.13. The fraction of sp³-hybridized carbons (Fsp3) is 0.111. The fourth-order valence-electron chi connectivity index (χ4n) is 2.12. The summed E-state index contributed by atoms with van der Waals surface area (Å²) in [5, 5.41) is 13.8. The van der Waals surface area contributed by atoms with Crippen molar-refractivity contribution in [1.29, 1.82) is 0 Å². The zero-order chi connectivity index (χ0) is 19.9. The maximum absolute atomic E-state index is 13.5.